The van der Waals surface area contributed by atoms with Crippen molar-refractivity contribution >= 4 is 17.9 Å². The van der Waals surface area contributed by atoms with Gasteiger partial charge in [-0.15, -0.1) is 0 Å². The molecule has 1 aliphatic heterocycles. The van der Waals surface area contributed by atoms with Crippen molar-refractivity contribution in [3.63, 3.8) is 0 Å². The minimum absolute atomic E-state index is 0.0279. The number of oxazole rings is 1. The monoisotopic (exact) mass is 650 g/mol. The fourth-order valence-electron chi connectivity index (χ4n) is 4.73. The van der Waals surface area contributed by atoms with Crippen molar-refractivity contribution in [3.8, 4) is 23.0 Å². The molecule has 0 bridgehead atoms. The zero-order valence-corrected chi connectivity index (χ0v) is 24.5. The van der Waals surface area contributed by atoms with Crippen LogP contribution in [0.15, 0.2) is 40.8 Å². The number of ether oxygens (including phenoxy) is 4. The number of hydrogen-bond acceptors (Lipinski definition) is 9. The molecule has 3 amide bonds. The summed E-state index contributed by atoms with van der Waals surface area (Å²) in [5.41, 5.74) is 4.57. The van der Waals surface area contributed by atoms with E-state index in [2.05, 4.69) is 15.0 Å². The second-order valence-electron chi connectivity index (χ2n) is 10.6. The second kappa shape index (κ2) is 14.1. The first kappa shape index (κ1) is 32.5. The van der Waals surface area contributed by atoms with Gasteiger partial charge in [0.25, 0.3) is 5.91 Å². The highest BCUT2D eigenvalue weighted by Gasteiger charge is 2.34. The van der Waals surface area contributed by atoms with E-state index in [1.54, 1.807) is 0 Å². The molecule has 12 nitrogen and oxygen atoms in total. The summed E-state index contributed by atoms with van der Waals surface area (Å²) in [6.07, 6.45) is -0.612. The fourth-order valence-corrected chi connectivity index (χ4v) is 4.73. The van der Waals surface area contributed by atoms with Crippen LogP contribution in [-0.2, 0) is 14.3 Å². The van der Waals surface area contributed by atoms with E-state index in [9.17, 15) is 31.9 Å². The van der Waals surface area contributed by atoms with Gasteiger partial charge >= 0.3 is 12.7 Å². The number of rotatable bonds is 12. The summed E-state index contributed by atoms with van der Waals surface area (Å²) in [6, 6.07) is 4.80. The topological polar surface area (TPSA) is 155 Å². The van der Waals surface area contributed by atoms with Gasteiger partial charge in [-0.25, -0.2) is 18.6 Å². The van der Waals surface area contributed by atoms with Gasteiger partial charge in [0.15, 0.2) is 29.1 Å². The SMILES string of the molecule is C[C@H](OC(N)=O)c1oc(-c2ccc(OC(F)F)c(OCC3CC3)c2)nc1C(=O)NC(C(=O)N1CCOCC1)c1ccc(F)cc1F. The summed E-state index contributed by atoms with van der Waals surface area (Å²) in [6.45, 7) is -0.778. The number of aromatic nitrogens is 1. The number of morpholine rings is 1. The number of amides is 3. The maximum absolute atomic E-state index is 15.0. The Bertz CT molecular complexity index is 1590. The van der Waals surface area contributed by atoms with Gasteiger partial charge in [0, 0.05) is 30.3 Å². The number of nitrogens with zero attached hydrogens (tertiary/aromatic N) is 2. The molecule has 0 radical (unpaired) electrons. The van der Waals surface area contributed by atoms with Crippen LogP contribution in [0.25, 0.3) is 11.5 Å². The Morgan fingerprint density at radius 1 is 1.09 bits per heavy atom. The zero-order valence-electron chi connectivity index (χ0n) is 24.5. The molecule has 1 unspecified atom stereocenters. The average Bonchev–Trinajstić information content (AvgIpc) is 3.74. The minimum Gasteiger partial charge on any atom is -0.489 e. The largest absolute Gasteiger partial charge is 0.489 e. The van der Waals surface area contributed by atoms with Gasteiger partial charge in [-0.1, -0.05) is 6.07 Å². The van der Waals surface area contributed by atoms with E-state index in [-0.39, 0.29) is 73.1 Å². The third-order valence-electron chi connectivity index (χ3n) is 7.23. The van der Waals surface area contributed by atoms with Crippen LogP contribution in [0.4, 0.5) is 22.4 Å². The summed E-state index contributed by atoms with van der Waals surface area (Å²) in [5.74, 6) is -4.21. The number of carbonyl (C=O) groups is 3. The van der Waals surface area contributed by atoms with Crippen molar-refractivity contribution in [1.82, 2.24) is 15.2 Å². The molecule has 246 valence electrons. The maximum atomic E-state index is 15.0. The van der Waals surface area contributed by atoms with E-state index in [1.807, 2.05) is 0 Å². The molecular formula is C30H30F4N4O8. The van der Waals surface area contributed by atoms with Crippen LogP contribution < -0.4 is 20.5 Å². The van der Waals surface area contributed by atoms with Crippen molar-refractivity contribution in [1.29, 1.82) is 0 Å². The molecule has 0 spiro atoms. The minimum atomic E-state index is -3.12. The van der Waals surface area contributed by atoms with Gasteiger partial charge < -0.3 is 39.3 Å². The Labute approximate surface area is 259 Å². The normalized spacial score (nSPS) is 16.1. The first-order valence-electron chi connectivity index (χ1n) is 14.3. The average molecular weight is 651 g/mol. The molecule has 2 atom stereocenters. The Hall–Kier alpha value is -4.86. The molecule has 1 saturated carbocycles. The summed E-state index contributed by atoms with van der Waals surface area (Å²) < 4.78 is 81.2. The highest BCUT2D eigenvalue weighted by molar-refractivity contribution is 5.97. The molecular weight excluding hydrogens is 620 g/mol. The van der Waals surface area contributed by atoms with E-state index < -0.39 is 54.0 Å². The Balaban J connectivity index is 1.51. The highest BCUT2D eigenvalue weighted by Crippen LogP contribution is 2.37. The number of nitrogens with one attached hydrogen (secondary N) is 1. The molecule has 5 rings (SSSR count). The molecule has 3 N–H and O–H groups in total. The van der Waals surface area contributed by atoms with E-state index in [4.69, 9.17) is 24.4 Å². The summed E-state index contributed by atoms with van der Waals surface area (Å²) in [5, 5.41) is 2.45. The molecule has 46 heavy (non-hydrogen) atoms. The van der Waals surface area contributed by atoms with E-state index in [0.717, 1.165) is 25.0 Å². The number of alkyl halides is 2. The van der Waals surface area contributed by atoms with Crippen molar-refractivity contribution in [3.05, 3.63) is 65.1 Å². The van der Waals surface area contributed by atoms with Crippen molar-refractivity contribution in [2.24, 2.45) is 11.7 Å². The number of halogens is 4. The highest BCUT2D eigenvalue weighted by atomic mass is 19.3. The molecule has 3 aromatic rings. The molecule has 2 fully saturated rings. The molecule has 1 saturated heterocycles. The lowest BCUT2D eigenvalue weighted by Gasteiger charge is -2.31. The lowest BCUT2D eigenvalue weighted by molar-refractivity contribution is -0.137. The van der Waals surface area contributed by atoms with Crippen LogP contribution >= 0.6 is 0 Å². The number of benzene rings is 2. The van der Waals surface area contributed by atoms with E-state index >= 15 is 0 Å². The Kier molecular flexibility index (Phi) is 9.94. The van der Waals surface area contributed by atoms with Crippen molar-refractivity contribution in [2.75, 3.05) is 32.9 Å². The molecule has 2 aromatic carbocycles. The van der Waals surface area contributed by atoms with Gasteiger partial charge in [-0.05, 0) is 49.9 Å². The van der Waals surface area contributed by atoms with Gasteiger partial charge in [0.2, 0.25) is 11.8 Å². The van der Waals surface area contributed by atoms with E-state index in [1.165, 1.54) is 30.0 Å². The van der Waals surface area contributed by atoms with Gasteiger partial charge in [-0.2, -0.15) is 8.78 Å². The Morgan fingerprint density at radius 3 is 2.48 bits per heavy atom. The smallest absolute Gasteiger partial charge is 0.405 e. The number of primary amides is 1. The molecule has 1 aliphatic carbocycles. The van der Waals surface area contributed by atoms with Crippen LogP contribution in [-0.4, -0.2) is 67.3 Å². The van der Waals surface area contributed by atoms with Crippen LogP contribution in [0.5, 0.6) is 11.5 Å². The number of nitrogens with two attached hydrogens (primary N) is 1. The first-order chi connectivity index (χ1) is 22.0. The van der Waals surface area contributed by atoms with Gasteiger partial charge in [0.1, 0.15) is 17.7 Å². The van der Waals surface area contributed by atoms with Crippen molar-refractivity contribution < 1.29 is 55.3 Å². The predicted molar refractivity (Wildman–Crippen MR) is 150 cm³/mol. The maximum Gasteiger partial charge on any atom is 0.405 e. The second-order valence-corrected chi connectivity index (χ2v) is 10.6. The zero-order chi connectivity index (χ0) is 33.0. The van der Waals surface area contributed by atoms with Crippen LogP contribution in [0.3, 0.4) is 0 Å². The Morgan fingerprint density at radius 2 is 1.83 bits per heavy atom. The van der Waals surface area contributed by atoms with Crippen LogP contribution in [0, 0.1) is 17.6 Å². The molecule has 16 heteroatoms. The molecule has 2 aliphatic rings. The third-order valence-corrected chi connectivity index (χ3v) is 7.23. The van der Waals surface area contributed by atoms with Gasteiger partial charge in [0.05, 0.1) is 19.8 Å². The first-order valence-corrected chi connectivity index (χ1v) is 14.3. The van der Waals surface area contributed by atoms with Crippen LogP contribution in [0.1, 0.15) is 53.7 Å². The van der Waals surface area contributed by atoms with E-state index in [0.29, 0.717) is 6.07 Å². The standard InChI is InChI=1S/C30H30F4N4O8/c1-15(44-30(35)41)25-24(37-27(46-25)17-4-7-21(45-29(33)34)22(12-17)43-14-16-2-3-16)26(39)36-23(19-6-5-18(31)13-20(19)32)28(40)38-8-10-42-11-9-38/h4-7,12-13,15-16,23,29H,2-3,8-11,14H2,1H3,(H2,35,41)(H,36,39)/t15-,23?/m0/s1. The van der Waals surface area contributed by atoms with Gasteiger partial charge in [-0.3, -0.25) is 9.59 Å². The number of carbonyl (C=O) groups excluding carboxylic acids is 3. The predicted octanol–water partition coefficient (Wildman–Crippen LogP) is 4.50. The molecule has 1 aromatic heterocycles. The fraction of sp³-hybridized carbons (Fsp3) is 0.400. The summed E-state index contributed by atoms with van der Waals surface area (Å²) in [4.78, 5) is 44.4. The van der Waals surface area contributed by atoms with Crippen LogP contribution in [0.2, 0.25) is 0 Å². The molecule has 2 heterocycles. The quantitative estimate of drug-likeness (QED) is 0.270. The van der Waals surface area contributed by atoms with Crippen molar-refractivity contribution in [2.45, 2.75) is 38.5 Å². The lowest BCUT2D eigenvalue weighted by Crippen LogP contribution is -2.47. The third kappa shape index (κ3) is 7.85. The summed E-state index contributed by atoms with van der Waals surface area (Å²) in [7, 11) is 0. The summed E-state index contributed by atoms with van der Waals surface area (Å²) >= 11 is 0. The lowest BCUT2D eigenvalue weighted by atomic mass is 10.0. The number of hydrogen-bond donors (Lipinski definition) is 2.